The predicted octanol–water partition coefficient (Wildman–Crippen LogP) is 2.92. The van der Waals surface area contributed by atoms with Crippen molar-refractivity contribution in [2.75, 3.05) is 19.8 Å². The van der Waals surface area contributed by atoms with Crippen LogP contribution in [-0.2, 0) is 25.5 Å². The van der Waals surface area contributed by atoms with Crippen LogP contribution in [0.3, 0.4) is 0 Å². The van der Waals surface area contributed by atoms with Crippen molar-refractivity contribution in [2.45, 2.75) is 39.5 Å². The van der Waals surface area contributed by atoms with Gasteiger partial charge in [0.15, 0.2) is 11.6 Å². The van der Waals surface area contributed by atoms with Gasteiger partial charge in [0, 0.05) is 25.2 Å². The van der Waals surface area contributed by atoms with Crippen molar-refractivity contribution in [2.24, 2.45) is 5.92 Å². The van der Waals surface area contributed by atoms with Gasteiger partial charge in [-0.15, -0.1) is 0 Å². The lowest BCUT2D eigenvalue weighted by molar-refractivity contribution is -0.126. The Hall–Kier alpha value is -2.93. The van der Waals surface area contributed by atoms with Gasteiger partial charge in [-0.25, -0.2) is 0 Å². The summed E-state index contributed by atoms with van der Waals surface area (Å²) in [6, 6.07) is 9.32. The minimum absolute atomic E-state index is 0.00772. The van der Waals surface area contributed by atoms with Gasteiger partial charge in [-0.3, -0.25) is 14.4 Å². The Morgan fingerprint density at radius 2 is 1.77 bits per heavy atom. The summed E-state index contributed by atoms with van der Waals surface area (Å²) in [5.41, 5.74) is 1.55. The molecule has 0 aromatic heterocycles. The average Bonchev–Trinajstić information content (AvgIpc) is 2.73. The van der Waals surface area contributed by atoms with Gasteiger partial charge in [-0.1, -0.05) is 49.4 Å². The van der Waals surface area contributed by atoms with E-state index in [1.165, 1.54) is 0 Å². The van der Waals surface area contributed by atoms with Crippen LogP contribution in [0.2, 0.25) is 0 Å². The topological polar surface area (TPSA) is 120 Å². The SMILES string of the molecule is C=C(C)COCCC(=N)C(=O)CNC(=O)[C@@H](CC(=N)C(=O)CC)Cc1ccccc1. The van der Waals surface area contributed by atoms with Crippen molar-refractivity contribution in [1.29, 1.82) is 10.8 Å². The van der Waals surface area contributed by atoms with E-state index >= 15 is 0 Å². The number of carbonyl (C=O) groups excluding carboxylic acids is 3. The van der Waals surface area contributed by atoms with Crippen molar-refractivity contribution < 1.29 is 19.1 Å². The molecule has 1 aromatic rings. The first-order valence-electron chi connectivity index (χ1n) is 9.99. The minimum atomic E-state index is -0.642. The number of Topliss-reactive ketones (excluding diaryl/α,β-unsaturated/α-hetero) is 2. The average molecular weight is 414 g/mol. The molecule has 0 aliphatic carbocycles. The second-order valence-electron chi connectivity index (χ2n) is 7.23. The van der Waals surface area contributed by atoms with Crippen molar-refractivity contribution in [3.63, 3.8) is 0 Å². The Morgan fingerprint density at radius 1 is 1.10 bits per heavy atom. The largest absolute Gasteiger partial charge is 0.377 e. The molecule has 0 radical (unpaired) electrons. The maximum absolute atomic E-state index is 12.7. The molecule has 162 valence electrons. The Morgan fingerprint density at radius 3 is 2.37 bits per heavy atom. The van der Waals surface area contributed by atoms with Gasteiger partial charge in [-0.2, -0.15) is 0 Å². The van der Waals surface area contributed by atoms with Gasteiger partial charge < -0.3 is 20.9 Å². The number of nitrogens with one attached hydrogen (secondary N) is 3. The second kappa shape index (κ2) is 13.3. The number of ether oxygens (including phenoxy) is 1. The number of rotatable bonds is 15. The molecule has 0 fully saturated rings. The van der Waals surface area contributed by atoms with Crippen LogP contribution < -0.4 is 5.32 Å². The van der Waals surface area contributed by atoms with Gasteiger partial charge in [0.05, 0.1) is 31.2 Å². The van der Waals surface area contributed by atoms with Crippen molar-refractivity contribution in [1.82, 2.24) is 5.32 Å². The molecule has 1 rings (SSSR count). The van der Waals surface area contributed by atoms with E-state index in [1.54, 1.807) is 6.92 Å². The number of ketones is 2. The fourth-order valence-electron chi connectivity index (χ4n) is 2.71. The molecule has 1 aromatic carbocycles. The fourth-order valence-corrected chi connectivity index (χ4v) is 2.71. The molecule has 1 atom stereocenters. The Labute approximate surface area is 177 Å². The molecule has 0 heterocycles. The summed E-state index contributed by atoms with van der Waals surface area (Å²) in [7, 11) is 0. The van der Waals surface area contributed by atoms with Crippen molar-refractivity contribution in [3.05, 3.63) is 48.0 Å². The maximum atomic E-state index is 12.7. The van der Waals surface area contributed by atoms with Gasteiger partial charge >= 0.3 is 0 Å². The molecule has 30 heavy (non-hydrogen) atoms. The number of hydrogen-bond acceptors (Lipinski definition) is 6. The van der Waals surface area contributed by atoms with Gasteiger partial charge in [0.25, 0.3) is 0 Å². The summed E-state index contributed by atoms with van der Waals surface area (Å²) in [6.45, 7) is 7.53. The summed E-state index contributed by atoms with van der Waals surface area (Å²) < 4.78 is 5.29. The quantitative estimate of drug-likeness (QED) is 0.233. The van der Waals surface area contributed by atoms with Crippen LogP contribution in [0.4, 0.5) is 0 Å². The lowest BCUT2D eigenvalue weighted by Crippen LogP contribution is -2.39. The van der Waals surface area contributed by atoms with E-state index in [2.05, 4.69) is 11.9 Å². The Balaban J connectivity index is 2.64. The highest BCUT2D eigenvalue weighted by Crippen LogP contribution is 2.14. The molecule has 0 aliphatic rings. The molecule has 0 unspecified atom stereocenters. The van der Waals surface area contributed by atoms with E-state index in [0.717, 1.165) is 11.1 Å². The molecule has 0 bridgehead atoms. The van der Waals surface area contributed by atoms with Gasteiger partial charge in [-0.05, 0) is 18.9 Å². The molecule has 3 N–H and O–H groups in total. The third-order valence-electron chi connectivity index (χ3n) is 4.41. The summed E-state index contributed by atoms with van der Waals surface area (Å²) in [4.78, 5) is 36.6. The van der Waals surface area contributed by atoms with E-state index in [0.29, 0.717) is 13.0 Å². The first-order valence-corrected chi connectivity index (χ1v) is 9.99. The highest BCUT2D eigenvalue weighted by atomic mass is 16.5. The molecule has 0 saturated carbocycles. The van der Waals surface area contributed by atoms with Crippen LogP contribution in [0.5, 0.6) is 0 Å². The number of amides is 1. The molecule has 0 saturated heterocycles. The zero-order valence-corrected chi connectivity index (χ0v) is 17.8. The van der Waals surface area contributed by atoms with E-state index in [9.17, 15) is 14.4 Å². The van der Waals surface area contributed by atoms with E-state index < -0.39 is 17.6 Å². The summed E-state index contributed by atoms with van der Waals surface area (Å²) in [5, 5.41) is 18.3. The van der Waals surface area contributed by atoms with E-state index in [1.807, 2.05) is 37.3 Å². The minimum Gasteiger partial charge on any atom is -0.377 e. The van der Waals surface area contributed by atoms with Crippen LogP contribution in [0.1, 0.15) is 38.7 Å². The van der Waals surface area contributed by atoms with Crippen molar-refractivity contribution in [3.8, 4) is 0 Å². The highest BCUT2D eigenvalue weighted by Gasteiger charge is 2.24. The van der Waals surface area contributed by atoms with Crippen LogP contribution >= 0.6 is 0 Å². The molecule has 1 amide bonds. The maximum Gasteiger partial charge on any atom is 0.224 e. The Kier molecular flexibility index (Phi) is 11.1. The van der Waals surface area contributed by atoms with E-state index in [-0.39, 0.29) is 49.6 Å². The molecule has 7 heteroatoms. The monoisotopic (exact) mass is 413 g/mol. The molecule has 0 spiro atoms. The molecular formula is C23H31N3O4. The highest BCUT2D eigenvalue weighted by molar-refractivity contribution is 6.40. The summed E-state index contributed by atoms with van der Waals surface area (Å²) in [6.07, 6.45) is 0.729. The van der Waals surface area contributed by atoms with Crippen LogP contribution in [0, 0.1) is 16.7 Å². The van der Waals surface area contributed by atoms with E-state index in [4.69, 9.17) is 15.6 Å². The zero-order valence-electron chi connectivity index (χ0n) is 17.8. The molecule has 7 nitrogen and oxygen atoms in total. The lowest BCUT2D eigenvalue weighted by atomic mass is 9.91. The zero-order chi connectivity index (χ0) is 22.5. The van der Waals surface area contributed by atoms with Gasteiger partial charge in [0.1, 0.15) is 0 Å². The number of carbonyl (C=O) groups is 3. The fraction of sp³-hybridized carbons (Fsp3) is 0.435. The molecule has 0 aliphatic heterocycles. The number of hydrogen-bond donors (Lipinski definition) is 3. The van der Waals surface area contributed by atoms with Crippen molar-refractivity contribution >= 4 is 28.9 Å². The summed E-state index contributed by atoms with van der Waals surface area (Å²) >= 11 is 0. The van der Waals surface area contributed by atoms with Crippen LogP contribution in [0.15, 0.2) is 42.5 Å². The smallest absolute Gasteiger partial charge is 0.224 e. The normalized spacial score (nSPS) is 11.4. The first-order chi connectivity index (χ1) is 14.2. The standard InChI is InChI=1S/C23H31N3O4/c1-4-21(27)20(25)13-18(12-17-8-6-5-7-9-17)23(29)26-14-22(28)19(24)10-11-30-15-16(2)3/h5-9,18,24-25H,2,4,10-15H2,1,3H3,(H,26,29)/t18-/m1/s1. The predicted molar refractivity (Wildman–Crippen MR) is 117 cm³/mol. The Bertz CT molecular complexity index is 787. The van der Waals surface area contributed by atoms with Crippen LogP contribution in [0.25, 0.3) is 0 Å². The third kappa shape index (κ3) is 9.52. The molecular weight excluding hydrogens is 382 g/mol. The first kappa shape index (κ1) is 25.1. The summed E-state index contributed by atoms with van der Waals surface area (Å²) in [5.74, 6) is -1.84. The third-order valence-corrected chi connectivity index (χ3v) is 4.41. The van der Waals surface area contributed by atoms with Gasteiger partial charge in [0.2, 0.25) is 5.91 Å². The number of benzene rings is 1. The second-order valence-corrected chi connectivity index (χ2v) is 7.23. The lowest BCUT2D eigenvalue weighted by Gasteiger charge is -2.17. The van der Waals surface area contributed by atoms with Crippen LogP contribution in [-0.4, -0.2) is 48.7 Å².